The fourth-order valence-corrected chi connectivity index (χ4v) is 4.58. The Bertz CT molecular complexity index is 162. The normalized spacial score (nSPS) is 16.6. The Hall–Kier alpha value is 1.03. The second-order valence-corrected chi connectivity index (χ2v) is 8.99. The summed E-state index contributed by atoms with van der Waals surface area (Å²) in [6.07, 6.45) is 2.18. The number of rotatable bonds is 5. The lowest BCUT2D eigenvalue weighted by Gasteiger charge is -1.96. The van der Waals surface area contributed by atoms with Crippen LogP contribution in [0, 0.1) is 0 Å². The van der Waals surface area contributed by atoms with Gasteiger partial charge in [0.2, 0.25) is 7.80 Å². The van der Waals surface area contributed by atoms with Crippen molar-refractivity contribution < 1.29 is 8.76 Å². The van der Waals surface area contributed by atoms with Gasteiger partial charge in [0.05, 0.1) is 0 Å². The maximum absolute atomic E-state index is 10.5. The molecule has 1 N–H and O–H groups in total. The van der Waals surface area contributed by atoms with E-state index in [4.69, 9.17) is 4.55 Å². The standard InChI is InChI=1S/C4H10O2S4/c1-2-3-4-8-9-10(5,6)7/h2-4H2,1H3,(H,5,6,7). The summed E-state index contributed by atoms with van der Waals surface area (Å²) in [4.78, 5) is 0. The van der Waals surface area contributed by atoms with E-state index in [0.29, 0.717) is 0 Å². The lowest BCUT2D eigenvalue weighted by molar-refractivity contribution is 0.579. The summed E-state index contributed by atoms with van der Waals surface area (Å²) in [5.41, 5.74) is 0. The predicted octanol–water partition coefficient (Wildman–Crippen LogP) is 2.30. The monoisotopic (exact) mass is 218 g/mol. The third kappa shape index (κ3) is 9.03. The second kappa shape index (κ2) is 5.65. The quantitative estimate of drug-likeness (QED) is 0.566. The summed E-state index contributed by atoms with van der Waals surface area (Å²) >= 11 is 4.26. The van der Waals surface area contributed by atoms with Crippen LogP contribution in [0.25, 0.3) is 0 Å². The maximum Gasteiger partial charge on any atom is 0.206 e. The third-order valence-corrected chi connectivity index (χ3v) is 6.66. The van der Waals surface area contributed by atoms with Gasteiger partial charge in [0.1, 0.15) is 0 Å². The fraction of sp³-hybridized carbons (Fsp3) is 1.00. The molecule has 0 heterocycles. The van der Waals surface area contributed by atoms with Crippen LogP contribution in [0.2, 0.25) is 0 Å². The summed E-state index contributed by atoms with van der Waals surface area (Å²) in [6.45, 7) is 2.08. The molecule has 0 aromatic rings. The van der Waals surface area contributed by atoms with Crippen LogP contribution in [0.3, 0.4) is 0 Å². The van der Waals surface area contributed by atoms with E-state index in [2.05, 4.69) is 18.1 Å². The van der Waals surface area contributed by atoms with Gasteiger partial charge in [0.25, 0.3) is 0 Å². The van der Waals surface area contributed by atoms with Crippen LogP contribution in [0.15, 0.2) is 0 Å². The summed E-state index contributed by atoms with van der Waals surface area (Å²) in [5, 5.41) is 0. The largest absolute Gasteiger partial charge is 0.297 e. The van der Waals surface area contributed by atoms with Crippen LogP contribution in [0.1, 0.15) is 19.8 Å². The molecule has 0 fully saturated rings. The molecular weight excluding hydrogens is 208 g/mol. The van der Waals surface area contributed by atoms with Crippen LogP contribution in [-0.2, 0) is 19.0 Å². The van der Waals surface area contributed by atoms with E-state index in [1.165, 1.54) is 10.8 Å². The van der Waals surface area contributed by atoms with E-state index in [1.807, 2.05) is 0 Å². The predicted molar refractivity (Wildman–Crippen MR) is 53.1 cm³/mol. The Morgan fingerprint density at radius 2 is 2.30 bits per heavy atom. The van der Waals surface area contributed by atoms with Gasteiger partial charge in [-0.1, -0.05) is 24.1 Å². The van der Waals surface area contributed by atoms with E-state index in [0.717, 1.165) is 28.4 Å². The highest BCUT2D eigenvalue weighted by Crippen LogP contribution is 2.27. The minimum absolute atomic E-state index is 0.888. The highest BCUT2D eigenvalue weighted by molar-refractivity contribution is 9.11. The number of unbranched alkanes of at least 4 members (excludes halogenated alkanes) is 1. The summed E-state index contributed by atoms with van der Waals surface area (Å²) in [5.74, 6) is 0.898. The van der Waals surface area contributed by atoms with E-state index in [-0.39, 0.29) is 0 Å². The zero-order valence-electron chi connectivity index (χ0n) is 5.61. The first kappa shape index (κ1) is 11.0. The Balaban J connectivity index is 3.21. The molecule has 0 aromatic carbocycles. The van der Waals surface area contributed by atoms with Gasteiger partial charge < -0.3 is 0 Å². The first-order valence-electron chi connectivity index (χ1n) is 2.85. The van der Waals surface area contributed by atoms with Gasteiger partial charge in [0, 0.05) is 26.8 Å². The van der Waals surface area contributed by atoms with Crippen molar-refractivity contribution in [2.75, 3.05) is 5.75 Å². The zero-order chi connectivity index (χ0) is 8.04. The summed E-state index contributed by atoms with van der Waals surface area (Å²) in [7, 11) is -0.731. The van der Waals surface area contributed by atoms with Gasteiger partial charge in [-0.2, -0.15) is 0 Å². The molecule has 0 amide bonds. The van der Waals surface area contributed by atoms with Crippen molar-refractivity contribution in [2.24, 2.45) is 0 Å². The van der Waals surface area contributed by atoms with Crippen molar-refractivity contribution in [3.8, 4) is 0 Å². The first-order chi connectivity index (χ1) is 4.56. The van der Waals surface area contributed by atoms with Gasteiger partial charge in [-0.25, -0.2) is 4.21 Å². The fourth-order valence-electron chi connectivity index (χ4n) is 0.298. The topological polar surface area (TPSA) is 37.3 Å². The van der Waals surface area contributed by atoms with Crippen molar-refractivity contribution in [1.29, 1.82) is 0 Å². The molecule has 0 saturated heterocycles. The maximum atomic E-state index is 10.5. The highest BCUT2D eigenvalue weighted by atomic mass is 33.6. The zero-order valence-corrected chi connectivity index (χ0v) is 8.88. The summed E-state index contributed by atoms with van der Waals surface area (Å²) < 4.78 is 19.1. The molecule has 0 radical (unpaired) electrons. The van der Waals surface area contributed by atoms with Crippen molar-refractivity contribution in [3.05, 3.63) is 0 Å². The Labute approximate surface area is 73.8 Å². The van der Waals surface area contributed by atoms with Gasteiger partial charge in [-0.15, -0.1) is 0 Å². The molecule has 0 aliphatic carbocycles. The molecule has 0 saturated carbocycles. The van der Waals surface area contributed by atoms with Gasteiger partial charge in [-0.3, -0.25) is 4.55 Å². The minimum Gasteiger partial charge on any atom is -0.297 e. The molecule has 0 aromatic heterocycles. The minimum atomic E-state index is -2.99. The SMILES string of the molecule is CCCCSSS(=O)(O)=S. The Kier molecular flexibility index (Phi) is 6.23. The van der Waals surface area contributed by atoms with Crippen LogP contribution < -0.4 is 0 Å². The molecule has 10 heavy (non-hydrogen) atoms. The van der Waals surface area contributed by atoms with Crippen molar-refractivity contribution in [1.82, 2.24) is 0 Å². The molecule has 6 heteroatoms. The molecule has 62 valence electrons. The summed E-state index contributed by atoms with van der Waals surface area (Å²) in [6, 6.07) is 0. The van der Waals surface area contributed by atoms with Crippen LogP contribution >= 0.6 is 20.6 Å². The van der Waals surface area contributed by atoms with Crippen molar-refractivity contribution in [2.45, 2.75) is 19.8 Å². The van der Waals surface area contributed by atoms with E-state index >= 15 is 0 Å². The molecular formula is C4H10O2S4. The number of hydrogen-bond acceptors (Lipinski definition) is 4. The Morgan fingerprint density at radius 3 is 2.70 bits per heavy atom. The lowest BCUT2D eigenvalue weighted by Crippen LogP contribution is -1.83. The van der Waals surface area contributed by atoms with Gasteiger partial charge in [0.15, 0.2) is 0 Å². The smallest absolute Gasteiger partial charge is 0.206 e. The number of hydrogen-bond donors (Lipinski definition) is 1. The van der Waals surface area contributed by atoms with Gasteiger partial charge in [-0.05, 0) is 6.42 Å². The van der Waals surface area contributed by atoms with Crippen molar-refractivity contribution >= 4 is 39.6 Å². The third-order valence-electron chi connectivity index (χ3n) is 0.715. The molecule has 0 aliphatic heterocycles. The molecule has 1 atom stereocenters. The molecule has 1 unspecified atom stereocenters. The highest BCUT2D eigenvalue weighted by Gasteiger charge is 1.99. The lowest BCUT2D eigenvalue weighted by atomic mass is 10.4. The molecule has 0 aliphatic rings. The molecule has 2 nitrogen and oxygen atoms in total. The van der Waals surface area contributed by atoms with Crippen LogP contribution in [-0.4, -0.2) is 14.5 Å². The second-order valence-electron chi connectivity index (χ2n) is 1.67. The molecule has 0 spiro atoms. The van der Waals surface area contributed by atoms with Crippen molar-refractivity contribution in [3.63, 3.8) is 0 Å². The molecule has 0 bridgehead atoms. The van der Waals surface area contributed by atoms with E-state index in [9.17, 15) is 4.21 Å². The average molecular weight is 218 g/mol. The van der Waals surface area contributed by atoms with Gasteiger partial charge >= 0.3 is 0 Å². The van der Waals surface area contributed by atoms with Crippen LogP contribution in [0.4, 0.5) is 0 Å². The van der Waals surface area contributed by atoms with E-state index < -0.39 is 7.80 Å². The first-order valence-corrected chi connectivity index (χ1v) is 8.12. The average Bonchev–Trinajstić information content (AvgIpc) is 1.78. The molecule has 0 rings (SSSR count). The van der Waals surface area contributed by atoms with Crippen LogP contribution in [0.5, 0.6) is 0 Å². The Morgan fingerprint density at radius 1 is 1.70 bits per heavy atom. The van der Waals surface area contributed by atoms with E-state index in [1.54, 1.807) is 0 Å².